The normalized spacial score (nSPS) is 11.6. The number of rotatable bonds is 7. The number of pyridine rings is 1. The molecule has 7 heteroatoms. The highest BCUT2D eigenvalue weighted by molar-refractivity contribution is 6.05. The Kier molecular flexibility index (Phi) is 6.99. The van der Waals surface area contributed by atoms with E-state index in [2.05, 4.69) is 10.6 Å². The quantitative estimate of drug-likeness (QED) is 0.612. The lowest BCUT2D eigenvalue weighted by molar-refractivity contribution is -0.119. The minimum absolute atomic E-state index is 0.0422. The molecule has 1 unspecified atom stereocenters. The number of hydrogen-bond acceptors (Lipinski definition) is 4. The third kappa shape index (κ3) is 5.26. The summed E-state index contributed by atoms with van der Waals surface area (Å²) in [6.07, 6.45) is 1.71. The van der Waals surface area contributed by atoms with Crippen LogP contribution in [0.1, 0.15) is 34.5 Å². The van der Waals surface area contributed by atoms with E-state index in [1.54, 1.807) is 48.0 Å². The van der Waals surface area contributed by atoms with E-state index in [0.29, 0.717) is 16.9 Å². The van der Waals surface area contributed by atoms with Crippen molar-refractivity contribution in [2.24, 2.45) is 0 Å². The van der Waals surface area contributed by atoms with E-state index >= 15 is 0 Å². The molecule has 0 fully saturated rings. The maximum absolute atomic E-state index is 13.1. The highest BCUT2D eigenvalue weighted by Crippen LogP contribution is 2.18. The van der Waals surface area contributed by atoms with Crippen LogP contribution in [0.25, 0.3) is 0 Å². The van der Waals surface area contributed by atoms with E-state index in [0.717, 1.165) is 5.56 Å². The largest absolute Gasteiger partial charge is 0.375 e. The molecule has 3 aromatic rings. The van der Waals surface area contributed by atoms with Gasteiger partial charge in [0.25, 0.3) is 11.5 Å². The number of carbonyl (C=O) groups excluding carboxylic acids is 2. The number of hydrogen-bond donors (Lipinski definition) is 2. The van der Waals surface area contributed by atoms with Crippen LogP contribution >= 0.6 is 0 Å². The molecule has 0 aliphatic carbocycles. The van der Waals surface area contributed by atoms with Gasteiger partial charge in [-0.2, -0.15) is 0 Å². The molecule has 0 aliphatic heterocycles. The number of amides is 2. The number of ether oxygens (including phenoxy) is 1. The van der Waals surface area contributed by atoms with Crippen molar-refractivity contribution in [2.75, 3.05) is 24.4 Å². The smallest absolute Gasteiger partial charge is 0.264 e. The van der Waals surface area contributed by atoms with Crippen LogP contribution in [-0.2, 0) is 9.53 Å². The average molecular weight is 419 g/mol. The predicted octanol–water partition coefficient (Wildman–Crippen LogP) is 3.60. The van der Waals surface area contributed by atoms with Crippen LogP contribution in [0.4, 0.5) is 11.4 Å². The van der Waals surface area contributed by atoms with Gasteiger partial charge in [0.05, 0.1) is 6.04 Å². The molecule has 1 atom stereocenters. The Morgan fingerprint density at radius 2 is 1.58 bits per heavy atom. The molecule has 2 amide bonds. The van der Waals surface area contributed by atoms with Crippen LogP contribution in [-0.4, -0.2) is 30.1 Å². The summed E-state index contributed by atoms with van der Waals surface area (Å²) in [6, 6.07) is 17.8. The van der Waals surface area contributed by atoms with Crippen molar-refractivity contribution in [1.29, 1.82) is 0 Å². The van der Waals surface area contributed by atoms with E-state index < -0.39 is 5.91 Å². The van der Waals surface area contributed by atoms with Crippen molar-refractivity contribution < 1.29 is 14.3 Å². The summed E-state index contributed by atoms with van der Waals surface area (Å²) in [7, 11) is 1.44. The molecular formula is C24H25N3O4. The van der Waals surface area contributed by atoms with Crippen molar-refractivity contribution >= 4 is 23.2 Å². The number of anilines is 2. The molecule has 2 N–H and O–H groups in total. The summed E-state index contributed by atoms with van der Waals surface area (Å²) >= 11 is 0. The Morgan fingerprint density at radius 1 is 0.968 bits per heavy atom. The van der Waals surface area contributed by atoms with E-state index in [1.807, 2.05) is 37.3 Å². The number of benzene rings is 2. The first-order valence-electron chi connectivity index (χ1n) is 9.87. The molecule has 1 heterocycles. The van der Waals surface area contributed by atoms with Crippen LogP contribution in [0, 0.1) is 6.92 Å². The number of carbonyl (C=O) groups is 2. The first-order valence-corrected chi connectivity index (χ1v) is 9.87. The maximum Gasteiger partial charge on any atom is 0.264 e. The molecule has 0 aliphatic rings. The molecule has 160 valence electrons. The van der Waals surface area contributed by atoms with E-state index in [9.17, 15) is 14.4 Å². The Bertz CT molecular complexity index is 1120. The van der Waals surface area contributed by atoms with Crippen molar-refractivity contribution in [3.63, 3.8) is 0 Å². The summed E-state index contributed by atoms with van der Waals surface area (Å²) < 4.78 is 6.34. The van der Waals surface area contributed by atoms with Gasteiger partial charge in [-0.3, -0.25) is 14.4 Å². The van der Waals surface area contributed by atoms with E-state index in [-0.39, 0.29) is 29.7 Å². The fraction of sp³-hybridized carbons (Fsp3) is 0.208. The second-order valence-corrected chi connectivity index (χ2v) is 7.19. The van der Waals surface area contributed by atoms with Gasteiger partial charge in [-0.25, -0.2) is 0 Å². The van der Waals surface area contributed by atoms with Crippen LogP contribution in [0.2, 0.25) is 0 Å². The molecule has 0 saturated carbocycles. The Labute approximate surface area is 180 Å². The SMILES string of the molecule is COCC(=O)Nc1ccc(NC(=O)c2c(C)ccn(C(C)c3ccccc3)c2=O)cc1. The molecule has 0 radical (unpaired) electrons. The fourth-order valence-electron chi connectivity index (χ4n) is 3.27. The zero-order valence-corrected chi connectivity index (χ0v) is 17.7. The molecule has 1 aromatic heterocycles. The number of aryl methyl sites for hydroxylation is 1. The molecule has 3 rings (SSSR count). The molecule has 0 bridgehead atoms. The first-order chi connectivity index (χ1) is 14.9. The van der Waals surface area contributed by atoms with Gasteiger partial charge in [-0.1, -0.05) is 30.3 Å². The molecule has 31 heavy (non-hydrogen) atoms. The zero-order chi connectivity index (χ0) is 22.4. The van der Waals surface area contributed by atoms with Gasteiger partial charge >= 0.3 is 0 Å². The average Bonchev–Trinajstić information content (AvgIpc) is 2.75. The molecular weight excluding hydrogens is 394 g/mol. The van der Waals surface area contributed by atoms with Crippen LogP contribution < -0.4 is 16.2 Å². The fourth-order valence-corrected chi connectivity index (χ4v) is 3.27. The molecule has 7 nitrogen and oxygen atoms in total. The lowest BCUT2D eigenvalue weighted by atomic mass is 10.1. The van der Waals surface area contributed by atoms with Gasteiger partial charge < -0.3 is 19.9 Å². The maximum atomic E-state index is 13.1. The summed E-state index contributed by atoms with van der Waals surface area (Å²) in [5.74, 6) is -0.749. The highest BCUT2D eigenvalue weighted by atomic mass is 16.5. The lowest BCUT2D eigenvalue weighted by Crippen LogP contribution is -2.32. The van der Waals surface area contributed by atoms with Crippen molar-refractivity contribution in [2.45, 2.75) is 19.9 Å². The van der Waals surface area contributed by atoms with Crippen LogP contribution in [0.3, 0.4) is 0 Å². The van der Waals surface area contributed by atoms with Crippen molar-refractivity contribution in [3.05, 3.63) is 93.9 Å². The Morgan fingerprint density at radius 3 is 2.19 bits per heavy atom. The minimum Gasteiger partial charge on any atom is -0.375 e. The molecule has 2 aromatic carbocycles. The van der Waals surface area contributed by atoms with Gasteiger partial charge in [0.15, 0.2) is 0 Å². The minimum atomic E-state index is -0.478. The van der Waals surface area contributed by atoms with Crippen LogP contribution in [0.5, 0.6) is 0 Å². The standard InChI is InChI=1S/C24H25N3O4/c1-16-13-14-27(17(2)18-7-5-4-6-8-18)24(30)22(16)23(29)26-20-11-9-19(10-12-20)25-21(28)15-31-3/h4-14,17H,15H2,1-3H3,(H,25,28)(H,26,29). The van der Waals surface area contributed by atoms with E-state index in [1.165, 1.54) is 7.11 Å². The Hall–Kier alpha value is -3.71. The van der Waals surface area contributed by atoms with Gasteiger partial charge in [0, 0.05) is 24.7 Å². The zero-order valence-electron chi connectivity index (χ0n) is 17.7. The summed E-state index contributed by atoms with van der Waals surface area (Å²) in [5.41, 5.74) is 2.42. The number of methoxy groups -OCH3 is 1. The highest BCUT2D eigenvalue weighted by Gasteiger charge is 2.19. The van der Waals surface area contributed by atoms with Crippen molar-refractivity contribution in [1.82, 2.24) is 4.57 Å². The van der Waals surface area contributed by atoms with Crippen molar-refractivity contribution in [3.8, 4) is 0 Å². The van der Waals surface area contributed by atoms with Gasteiger partial charge in [0.1, 0.15) is 12.2 Å². The van der Waals surface area contributed by atoms with Gasteiger partial charge in [-0.15, -0.1) is 0 Å². The Balaban J connectivity index is 1.80. The second-order valence-electron chi connectivity index (χ2n) is 7.19. The predicted molar refractivity (Wildman–Crippen MR) is 121 cm³/mol. The summed E-state index contributed by atoms with van der Waals surface area (Å²) in [6.45, 7) is 3.62. The lowest BCUT2D eigenvalue weighted by Gasteiger charge is -2.18. The third-order valence-electron chi connectivity index (χ3n) is 4.96. The molecule has 0 saturated heterocycles. The monoisotopic (exact) mass is 419 g/mol. The van der Waals surface area contributed by atoms with Gasteiger partial charge in [0.2, 0.25) is 5.91 Å². The number of nitrogens with one attached hydrogen (secondary N) is 2. The third-order valence-corrected chi connectivity index (χ3v) is 4.96. The summed E-state index contributed by atoms with van der Waals surface area (Å²) in [4.78, 5) is 37.6. The van der Waals surface area contributed by atoms with E-state index in [4.69, 9.17) is 4.74 Å². The first kappa shape index (κ1) is 22.0. The molecule has 0 spiro atoms. The van der Waals surface area contributed by atoms with Gasteiger partial charge in [-0.05, 0) is 55.3 Å². The second kappa shape index (κ2) is 9.86. The number of aromatic nitrogens is 1. The summed E-state index contributed by atoms with van der Waals surface area (Å²) in [5, 5.41) is 5.44. The number of nitrogens with zero attached hydrogens (tertiary/aromatic N) is 1. The topological polar surface area (TPSA) is 89.4 Å². The van der Waals surface area contributed by atoms with Crippen LogP contribution in [0.15, 0.2) is 71.7 Å².